The van der Waals surface area contributed by atoms with Crippen LogP contribution >= 0.6 is 11.3 Å². The fraction of sp³-hybridized carbons (Fsp3) is 0.692. The number of aromatic nitrogens is 1. The minimum atomic E-state index is -0.236. The fourth-order valence-corrected chi connectivity index (χ4v) is 3.45. The van der Waals surface area contributed by atoms with Crippen LogP contribution in [0.4, 0.5) is 0 Å². The highest BCUT2D eigenvalue weighted by molar-refractivity contribution is 7.09. The van der Waals surface area contributed by atoms with Gasteiger partial charge < -0.3 is 11.1 Å². The summed E-state index contributed by atoms with van der Waals surface area (Å²) in [5, 5.41) is 3.66. The van der Waals surface area contributed by atoms with Crippen molar-refractivity contribution >= 4 is 17.2 Å². The zero-order valence-corrected chi connectivity index (χ0v) is 12.4. The van der Waals surface area contributed by atoms with Crippen LogP contribution in [0.5, 0.6) is 0 Å². The van der Waals surface area contributed by atoms with Crippen LogP contribution in [0, 0.1) is 6.92 Å². The van der Waals surface area contributed by atoms with Crippen molar-refractivity contribution in [3.63, 3.8) is 0 Å². The Hall–Kier alpha value is -0.980. The molecule has 6 heteroatoms. The average molecular weight is 282 g/mol. The van der Waals surface area contributed by atoms with E-state index in [1.165, 1.54) is 4.88 Å². The smallest absolute Gasteiger partial charge is 0.231 e. The molecule has 1 aliphatic rings. The Morgan fingerprint density at radius 2 is 2.32 bits per heavy atom. The van der Waals surface area contributed by atoms with Crippen molar-refractivity contribution in [1.29, 1.82) is 0 Å². The second kappa shape index (κ2) is 6.45. The van der Waals surface area contributed by atoms with Crippen molar-refractivity contribution in [2.75, 3.05) is 19.6 Å². The number of hydrogen-bond donors (Lipinski definition) is 2. The van der Waals surface area contributed by atoms with Crippen LogP contribution in [0.25, 0.3) is 0 Å². The van der Waals surface area contributed by atoms with Crippen LogP contribution in [0.3, 0.4) is 0 Å². The van der Waals surface area contributed by atoms with Crippen LogP contribution in [0.2, 0.25) is 0 Å². The predicted octanol–water partition coefficient (Wildman–Crippen LogP) is 1.05. The minimum Gasteiger partial charge on any atom is -0.369 e. The molecule has 1 aliphatic heterocycles. The fourth-order valence-electron chi connectivity index (χ4n) is 2.63. The maximum absolute atomic E-state index is 10.9. The van der Waals surface area contributed by atoms with Crippen molar-refractivity contribution in [3.8, 4) is 0 Å². The summed E-state index contributed by atoms with van der Waals surface area (Å²) in [6.45, 7) is 6.51. The number of amides is 1. The first kappa shape index (κ1) is 14.4. The van der Waals surface area contributed by atoms with Crippen molar-refractivity contribution < 1.29 is 4.79 Å². The monoisotopic (exact) mass is 282 g/mol. The normalized spacial score (nSPS) is 19.5. The highest BCUT2D eigenvalue weighted by atomic mass is 32.1. The highest BCUT2D eigenvalue weighted by Gasteiger charge is 2.22. The lowest BCUT2D eigenvalue weighted by atomic mass is 10.0. The van der Waals surface area contributed by atoms with Gasteiger partial charge in [0.25, 0.3) is 0 Å². The van der Waals surface area contributed by atoms with Gasteiger partial charge in [0.1, 0.15) is 0 Å². The van der Waals surface area contributed by atoms with Gasteiger partial charge in [-0.2, -0.15) is 0 Å². The van der Waals surface area contributed by atoms with Crippen molar-refractivity contribution in [1.82, 2.24) is 15.2 Å². The molecule has 1 amide bonds. The minimum absolute atomic E-state index is 0.236. The maximum atomic E-state index is 10.9. The van der Waals surface area contributed by atoms with E-state index in [1.807, 2.05) is 5.51 Å². The number of carbonyl (C=O) groups is 1. The van der Waals surface area contributed by atoms with Gasteiger partial charge in [-0.25, -0.2) is 4.98 Å². The molecule has 3 N–H and O–H groups in total. The van der Waals surface area contributed by atoms with E-state index in [4.69, 9.17) is 5.73 Å². The van der Waals surface area contributed by atoms with Gasteiger partial charge in [0.15, 0.2) is 0 Å². The molecule has 0 saturated carbocycles. The third kappa shape index (κ3) is 3.99. The molecule has 1 aromatic rings. The average Bonchev–Trinajstić information content (AvgIpc) is 2.77. The molecule has 1 aromatic heterocycles. The molecule has 0 bridgehead atoms. The van der Waals surface area contributed by atoms with E-state index in [-0.39, 0.29) is 5.91 Å². The molecule has 5 nitrogen and oxygen atoms in total. The van der Waals surface area contributed by atoms with Crippen LogP contribution < -0.4 is 11.1 Å². The third-order valence-corrected chi connectivity index (χ3v) is 4.74. The van der Waals surface area contributed by atoms with Crippen LogP contribution in [0.1, 0.15) is 36.4 Å². The van der Waals surface area contributed by atoms with Gasteiger partial charge in [-0.05, 0) is 26.7 Å². The number of primary amides is 1. The molecular weight excluding hydrogens is 260 g/mol. The number of hydrogen-bond acceptors (Lipinski definition) is 5. The van der Waals surface area contributed by atoms with E-state index in [0.29, 0.717) is 18.6 Å². The van der Waals surface area contributed by atoms with Crippen molar-refractivity contribution in [3.05, 3.63) is 16.1 Å². The molecule has 1 saturated heterocycles. The molecule has 0 radical (unpaired) electrons. The van der Waals surface area contributed by atoms with Gasteiger partial charge in [-0.15, -0.1) is 11.3 Å². The predicted molar refractivity (Wildman–Crippen MR) is 77.1 cm³/mol. The first-order valence-corrected chi connectivity index (χ1v) is 7.61. The number of thiazole rings is 1. The molecule has 2 rings (SSSR count). The second-order valence-electron chi connectivity index (χ2n) is 5.21. The maximum Gasteiger partial charge on any atom is 0.231 e. The number of carbonyl (C=O) groups excluding carboxylic acids is 1. The Labute approximate surface area is 118 Å². The van der Waals surface area contributed by atoms with E-state index in [1.54, 1.807) is 11.3 Å². The van der Waals surface area contributed by atoms with Crippen LogP contribution in [-0.2, 0) is 4.79 Å². The Morgan fingerprint density at radius 1 is 1.63 bits per heavy atom. The van der Waals surface area contributed by atoms with E-state index in [9.17, 15) is 4.79 Å². The molecule has 0 aliphatic carbocycles. The van der Waals surface area contributed by atoms with Gasteiger partial charge >= 0.3 is 0 Å². The van der Waals surface area contributed by atoms with E-state index < -0.39 is 0 Å². The van der Waals surface area contributed by atoms with E-state index in [2.05, 4.69) is 29.0 Å². The zero-order chi connectivity index (χ0) is 13.8. The van der Waals surface area contributed by atoms with Gasteiger partial charge in [0.2, 0.25) is 5.91 Å². The summed E-state index contributed by atoms with van der Waals surface area (Å²) in [4.78, 5) is 18.6. The standard InChI is InChI=1S/C13H22N4OS/c1-9-13(19-8-15-9)10(2)16-11-3-5-17(6-4-11)7-12(14)18/h8,10-11,16H,3-7H2,1-2H3,(H2,14,18). The molecule has 19 heavy (non-hydrogen) atoms. The highest BCUT2D eigenvalue weighted by Crippen LogP contribution is 2.23. The molecule has 0 aromatic carbocycles. The summed E-state index contributed by atoms with van der Waals surface area (Å²) in [6.07, 6.45) is 2.13. The van der Waals surface area contributed by atoms with Crippen LogP contribution in [-0.4, -0.2) is 41.5 Å². The molecule has 1 atom stereocenters. The number of nitrogens with zero attached hydrogens (tertiary/aromatic N) is 2. The van der Waals surface area contributed by atoms with Crippen molar-refractivity contribution in [2.24, 2.45) is 5.73 Å². The van der Waals surface area contributed by atoms with E-state index in [0.717, 1.165) is 31.6 Å². The number of nitrogens with one attached hydrogen (secondary N) is 1. The molecule has 1 fully saturated rings. The van der Waals surface area contributed by atoms with Gasteiger partial charge in [0.05, 0.1) is 17.7 Å². The van der Waals surface area contributed by atoms with Crippen molar-refractivity contribution in [2.45, 2.75) is 38.8 Å². The zero-order valence-electron chi connectivity index (χ0n) is 11.6. The van der Waals surface area contributed by atoms with Gasteiger partial charge in [-0.1, -0.05) is 0 Å². The molecule has 1 unspecified atom stereocenters. The second-order valence-corrected chi connectivity index (χ2v) is 6.09. The topological polar surface area (TPSA) is 71.2 Å². The quantitative estimate of drug-likeness (QED) is 0.847. The number of piperidine rings is 1. The van der Waals surface area contributed by atoms with Gasteiger partial charge in [0, 0.05) is 30.1 Å². The number of likely N-dealkylation sites (tertiary alicyclic amines) is 1. The summed E-state index contributed by atoms with van der Waals surface area (Å²) in [6, 6.07) is 0.862. The summed E-state index contributed by atoms with van der Waals surface area (Å²) < 4.78 is 0. The first-order valence-electron chi connectivity index (χ1n) is 6.73. The van der Waals surface area contributed by atoms with E-state index >= 15 is 0 Å². The summed E-state index contributed by atoms with van der Waals surface area (Å²) in [5.74, 6) is -0.236. The number of rotatable bonds is 5. The SMILES string of the molecule is Cc1ncsc1C(C)NC1CCN(CC(N)=O)CC1. The first-order chi connectivity index (χ1) is 9.06. The Kier molecular flexibility index (Phi) is 4.90. The molecule has 0 spiro atoms. The number of aryl methyl sites for hydroxylation is 1. The summed E-state index contributed by atoms with van der Waals surface area (Å²) in [7, 11) is 0. The Bertz CT molecular complexity index is 426. The largest absolute Gasteiger partial charge is 0.369 e. The lowest BCUT2D eigenvalue weighted by Gasteiger charge is -2.33. The molecule has 2 heterocycles. The Morgan fingerprint density at radius 3 is 2.84 bits per heavy atom. The third-order valence-electron chi connectivity index (χ3n) is 3.63. The molecule has 106 valence electrons. The van der Waals surface area contributed by atoms with Crippen LogP contribution in [0.15, 0.2) is 5.51 Å². The summed E-state index contributed by atoms with van der Waals surface area (Å²) >= 11 is 1.71. The summed E-state index contributed by atoms with van der Waals surface area (Å²) in [5.41, 5.74) is 8.24. The lowest BCUT2D eigenvalue weighted by Crippen LogP contribution is -2.45. The lowest BCUT2D eigenvalue weighted by molar-refractivity contribution is -0.119. The van der Waals surface area contributed by atoms with Gasteiger partial charge in [-0.3, -0.25) is 9.69 Å². The number of nitrogens with two attached hydrogens (primary N) is 1. The Balaban J connectivity index is 1.79. The molecular formula is C13H22N4OS.